The molecule has 1 aliphatic heterocycles. The Kier molecular flexibility index (Phi) is 6.53. The molecule has 184 valence electrons. The van der Waals surface area contributed by atoms with Crippen LogP contribution < -0.4 is 15.8 Å². The molecule has 2 amide bonds. The molecule has 0 aliphatic carbocycles. The van der Waals surface area contributed by atoms with Gasteiger partial charge in [0.15, 0.2) is 23.0 Å². The standard InChI is InChI=1S/C21H19F6N3O4/c1-8-14(9-4-5-10(22)15(24)16(9)33-3)17(34-20(8,2)21(25,26)27)19(32)30-12-6-13(18(28)31)29-7-11(12)23/h4-8,14,17H,1-3H3,(H2,28,31)(H,29,30,32)/t8-,14-,17+,20-/m0/s1. The molecule has 2 aromatic rings. The molecule has 0 saturated carbocycles. The number of methoxy groups -OCH3 is 1. The molecule has 0 bridgehead atoms. The Morgan fingerprint density at radius 2 is 1.85 bits per heavy atom. The van der Waals surface area contributed by atoms with Crippen molar-refractivity contribution in [2.45, 2.75) is 37.6 Å². The van der Waals surface area contributed by atoms with E-state index < -0.39 is 76.1 Å². The molecule has 34 heavy (non-hydrogen) atoms. The minimum absolute atomic E-state index is 0.255. The topological polar surface area (TPSA) is 104 Å². The highest BCUT2D eigenvalue weighted by Gasteiger charge is 2.66. The van der Waals surface area contributed by atoms with E-state index in [4.69, 9.17) is 15.2 Å². The molecule has 1 saturated heterocycles. The van der Waals surface area contributed by atoms with Gasteiger partial charge in [-0.25, -0.2) is 13.8 Å². The van der Waals surface area contributed by atoms with Crippen LogP contribution in [0.25, 0.3) is 0 Å². The highest BCUT2D eigenvalue weighted by atomic mass is 19.4. The van der Waals surface area contributed by atoms with Crippen LogP contribution in [0.4, 0.5) is 32.0 Å². The SMILES string of the molecule is COc1c([C@H]2[C@H](C(=O)Nc3cc(C(N)=O)ncc3F)O[C@](C)(C(F)(F)F)[C@H]2C)ccc(F)c1F. The molecule has 7 nitrogen and oxygen atoms in total. The number of hydrogen-bond donors (Lipinski definition) is 2. The lowest BCUT2D eigenvalue weighted by Gasteiger charge is -2.32. The Bertz CT molecular complexity index is 1140. The summed E-state index contributed by atoms with van der Waals surface area (Å²) >= 11 is 0. The zero-order chi connectivity index (χ0) is 25.6. The number of alkyl halides is 3. The maximum Gasteiger partial charge on any atom is 0.417 e. The van der Waals surface area contributed by atoms with Crippen LogP contribution in [-0.2, 0) is 9.53 Å². The average Bonchev–Trinajstić information content (AvgIpc) is 3.03. The van der Waals surface area contributed by atoms with E-state index in [2.05, 4.69) is 10.3 Å². The molecule has 0 radical (unpaired) electrons. The maximum absolute atomic E-state index is 14.4. The lowest BCUT2D eigenvalue weighted by Crippen LogP contribution is -2.47. The predicted molar refractivity (Wildman–Crippen MR) is 105 cm³/mol. The number of pyridine rings is 1. The van der Waals surface area contributed by atoms with Crippen LogP contribution in [0.15, 0.2) is 24.4 Å². The first-order chi connectivity index (χ1) is 15.7. The third-order valence-corrected chi connectivity index (χ3v) is 5.94. The highest BCUT2D eigenvalue weighted by Crippen LogP contribution is 2.55. The summed E-state index contributed by atoms with van der Waals surface area (Å²) in [6, 6.07) is 2.46. The van der Waals surface area contributed by atoms with Gasteiger partial charge in [0.05, 0.1) is 19.0 Å². The van der Waals surface area contributed by atoms with Crippen molar-refractivity contribution in [1.82, 2.24) is 4.98 Å². The molecule has 3 rings (SSSR count). The van der Waals surface area contributed by atoms with Gasteiger partial charge in [-0.3, -0.25) is 9.59 Å². The average molecular weight is 491 g/mol. The van der Waals surface area contributed by atoms with Crippen molar-refractivity contribution in [1.29, 1.82) is 0 Å². The van der Waals surface area contributed by atoms with Crippen molar-refractivity contribution in [3.63, 3.8) is 0 Å². The zero-order valence-electron chi connectivity index (χ0n) is 18.0. The van der Waals surface area contributed by atoms with Gasteiger partial charge in [0.1, 0.15) is 11.8 Å². The third-order valence-electron chi connectivity index (χ3n) is 5.94. The van der Waals surface area contributed by atoms with Crippen LogP contribution in [0.5, 0.6) is 5.75 Å². The van der Waals surface area contributed by atoms with E-state index in [1.807, 2.05) is 0 Å². The van der Waals surface area contributed by atoms with E-state index in [-0.39, 0.29) is 5.56 Å². The fourth-order valence-corrected chi connectivity index (χ4v) is 3.91. The molecular weight excluding hydrogens is 472 g/mol. The second kappa shape index (κ2) is 8.78. The van der Waals surface area contributed by atoms with E-state index in [0.29, 0.717) is 19.2 Å². The Hall–Kier alpha value is -3.35. The molecule has 1 aromatic heterocycles. The normalized spacial score (nSPS) is 24.7. The van der Waals surface area contributed by atoms with E-state index in [1.54, 1.807) is 0 Å². The van der Waals surface area contributed by atoms with Gasteiger partial charge < -0.3 is 20.5 Å². The number of nitrogens with one attached hydrogen (secondary N) is 1. The van der Waals surface area contributed by atoms with Crippen molar-refractivity contribution < 1.29 is 45.4 Å². The number of primary amides is 1. The number of ether oxygens (including phenoxy) is 2. The van der Waals surface area contributed by atoms with Gasteiger partial charge in [-0.05, 0) is 19.1 Å². The summed E-state index contributed by atoms with van der Waals surface area (Å²) in [5.74, 6) is -9.85. The predicted octanol–water partition coefficient (Wildman–Crippen LogP) is 3.68. The number of aromatic nitrogens is 1. The lowest BCUT2D eigenvalue weighted by molar-refractivity contribution is -0.272. The van der Waals surface area contributed by atoms with Crippen LogP contribution in [0, 0.1) is 23.4 Å². The van der Waals surface area contributed by atoms with Crippen molar-refractivity contribution in [2.75, 3.05) is 12.4 Å². The number of nitrogens with two attached hydrogens (primary N) is 1. The van der Waals surface area contributed by atoms with Gasteiger partial charge in [-0.15, -0.1) is 0 Å². The Labute approximate surface area is 189 Å². The minimum Gasteiger partial charge on any atom is -0.493 e. The molecule has 1 fully saturated rings. The summed E-state index contributed by atoms with van der Waals surface area (Å²) in [6.07, 6.45) is -6.32. The van der Waals surface area contributed by atoms with Crippen LogP contribution >= 0.6 is 0 Å². The molecule has 0 unspecified atom stereocenters. The van der Waals surface area contributed by atoms with Crippen molar-refractivity contribution in [2.24, 2.45) is 11.7 Å². The second-order valence-electron chi connectivity index (χ2n) is 7.84. The van der Waals surface area contributed by atoms with Gasteiger partial charge >= 0.3 is 6.18 Å². The first-order valence-electron chi connectivity index (χ1n) is 9.75. The first-order valence-corrected chi connectivity index (χ1v) is 9.75. The summed E-state index contributed by atoms with van der Waals surface area (Å²) in [5, 5.41) is 2.06. The number of rotatable bonds is 5. The number of carbonyl (C=O) groups is 2. The Morgan fingerprint density at radius 1 is 1.21 bits per heavy atom. The lowest BCUT2D eigenvalue weighted by atomic mass is 9.77. The maximum atomic E-state index is 14.4. The number of amides is 2. The Balaban J connectivity index is 2.10. The monoisotopic (exact) mass is 491 g/mol. The second-order valence-corrected chi connectivity index (χ2v) is 7.84. The van der Waals surface area contributed by atoms with Gasteiger partial charge in [0.25, 0.3) is 11.8 Å². The Morgan fingerprint density at radius 3 is 2.41 bits per heavy atom. The van der Waals surface area contributed by atoms with Gasteiger partial charge in [0, 0.05) is 17.4 Å². The van der Waals surface area contributed by atoms with Crippen LogP contribution in [0.1, 0.15) is 35.8 Å². The van der Waals surface area contributed by atoms with Crippen molar-refractivity contribution >= 4 is 17.5 Å². The van der Waals surface area contributed by atoms with E-state index >= 15 is 0 Å². The molecular formula is C21H19F6N3O4. The molecule has 2 heterocycles. The summed E-state index contributed by atoms with van der Waals surface area (Å²) < 4.78 is 94.1. The molecule has 4 atom stereocenters. The number of anilines is 1. The van der Waals surface area contributed by atoms with E-state index in [0.717, 1.165) is 26.2 Å². The number of halogens is 6. The molecule has 3 N–H and O–H groups in total. The molecule has 0 spiro atoms. The van der Waals surface area contributed by atoms with Gasteiger partial charge in [-0.1, -0.05) is 13.0 Å². The fraction of sp³-hybridized carbons (Fsp3) is 0.381. The quantitative estimate of drug-likeness (QED) is 0.622. The van der Waals surface area contributed by atoms with Crippen LogP contribution in [0.3, 0.4) is 0 Å². The number of hydrogen-bond acceptors (Lipinski definition) is 5. The number of nitrogens with zero attached hydrogens (tertiary/aromatic N) is 1. The number of carbonyl (C=O) groups excluding carboxylic acids is 2. The molecule has 1 aliphatic rings. The summed E-state index contributed by atoms with van der Waals surface area (Å²) in [5.41, 5.74) is 0.923. The first kappa shape index (κ1) is 25.3. The zero-order valence-corrected chi connectivity index (χ0v) is 18.0. The molecule has 13 heteroatoms. The third kappa shape index (κ3) is 4.15. The van der Waals surface area contributed by atoms with E-state index in [1.165, 1.54) is 0 Å². The number of benzene rings is 1. The van der Waals surface area contributed by atoms with Crippen LogP contribution in [-0.4, -0.2) is 41.8 Å². The van der Waals surface area contributed by atoms with E-state index in [9.17, 15) is 35.9 Å². The highest BCUT2D eigenvalue weighted by molar-refractivity contribution is 5.97. The van der Waals surface area contributed by atoms with Crippen LogP contribution in [0.2, 0.25) is 0 Å². The smallest absolute Gasteiger partial charge is 0.417 e. The van der Waals surface area contributed by atoms with Crippen molar-refractivity contribution in [3.05, 3.63) is 53.1 Å². The largest absolute Gasteiger partial charge is 0.493 e. The summed E-state index contributed by atoms with van der Waals surface area (Å²) in [4.78, 5) is 27.8. The fourth-order valence-electron chi connectivity index (χ4n) is 3.91. The van der Waals surface area contributed by atoms with Gasteiger partial charge in [-0.2, -0.15) is 17.6 Å². The summed E-state index contributed by atoms with van der Waals surface area (Å²) in [6.45, 7) is 1.84. The van der Waals surface area contributed by atoms with Crippen molar-refractivity contribution in [3.8, 4) is 5.75 Å². The minimum atomic E-state index is -4.97. The molecule has 1 aromatic carbocycles. The van der Waals surface area contributed by atoms with Gasteiger partial charge in [0.2, 0.25) is 5.82 Å². The summed E-state index contributed by atoms with van der Waals surface area (Å²) in [7, 11) is 0.984.